The zero-order valence-corrected chi connectivity index (χ0v) is 38.4. The van der Waals surface area contributed by atoms with Crippen molar-refractivity contribution >= 4 is 17.9 Å². The molecule has 0 radical (unpaired) electrons. The topological polar surface area (TPSA) is 78.9 Å². The molecule has 0 aliphatic rings. The number of hydrogen-bond acceptors (Lipinski definition) is 6. The summed E-state index contributed by atoms with van der Waals surface area (Å²) in [5.74, 6) is -1.03. The van der Waals surface area contributed by atoms with Gasteiger partial charge in [-0.1, -0.05) is 207 Å². The Bertz CT molecular complexity index is 1280. The van der Waals surface area contributed by atoms with E-state index in [2.05, 4.69) is 75.5 Å². The van der Waals surface area contributed by atoms with E-state index in [1.165, 1.54) is 70.6 Å². The molecule has 0 saturated heterocycles. The van der Waals surface area contributed by atoms with Gasteiger partial charge < -0.3 is 14.2 Å². The summed E-state index contributed by atoms with van der Waals surface area (Å²) < 4.78 is 16.7. The SMILES string of the molecule is CC\C=C/C=C\C=C/C=C\C=C/CCCC(=O)OCC(COC(=O)CCCCCCCCC\C=C/C=C\C=C/CC)OC(=O)CCCCC/C=C\CCCCCCCCC. The fraction of sp³-hybridized carbons (Fsp3) is 0.611. The summed E-state index contributed by atoms with van der Waals surface area (Å²) in [6.07, 6.45) is 63.6. The number of esters is 3. The van der Waals surface area contributed by atoms with Gasteiger partial charge in [-0.25, -0.2) is 0 Å². The van der Waals surface area contributed by atoms with Crippen LogP contribution in [0.25, 0.3) is 0 Å². The lowest BCUT2D eigenvalue weighted by Gasteiger charge is -2.18. The van der Waals surface area contributed by atoms with Crippen molar-refractivity contribution in [3.63, 3.8) is 0 Å². The maximum atomic E-state index is 12.8. The molecule has 0 amide bonds. The molecule has 0 aromatic rings. The predicted octanol–water partition coefficient (Wildman–Crippen LogP) is 15.6. The maximum Gasteiger partial charge on any atom is 0.306 e. The van der Waals surface area contributed by atoms with Gasteiger partial charge in [-0.3, -0.25) is 14.4 Å². The van der Waals surface area contributed by atoms with Crippen molar-refractivity contribution in [3.05, 3.63) is 109 Å². The lowest BCUT2D eigenvalue weighted by molar-refractivity contribution is -0.167. The van der Waals surface area contributed by atoms with Crippen molar-refractivity contribution in [3.8, 4) is 0 Å². The summed E-state index contributed by atoms with van der Waals surface area (Å²) in [6, 6.07) is 0. The van der Waals surface area contributed by atoms with Crippen LogP contribution in [0, 0.1) is 0 Å². The Hall–Kier alpha value is -3.93. The Morgan fingerprint density at radius 2 is 0.683 bits per heavy atom. The molecule has 1 atom stereocenters. The van der Waals surface area contributed by atoms with E-state index in [4.69, 9.17) is 14.2 Å². The minimum Gasteiger partial charge on any atom is -0.462 e. The van der Waals surface area contributed by atoms with Crippen molar-refractivity contribution in [2.45, 2.75) is 200 Å². The first kappa shape index (κ1) is 56.1. The second-order valence-electron chi connectivity index (χ2n) is 15.4. The van der Waals surface area contributed by atoms with Crippen LogP contribution in [-0.4, -0.2) is 37.2 Å². The molecule has 0 fully saturated rings. The average Bonchev–Trinajstić information content (AvgIpc) is 3.24. The highest BCUT2D eigenvalue weighted by Gasteiger charge is 2.19. The van der Waals surface area contributed by atoms with E-state index in [9.17, 15) is 14.4 Å². The number of ether oxygens (including phenoxy) is 3. The highest BCUT2D eigenvalue weighted by Crippen LogP contribution is 2.13. The Morgan fingerprint density at radius 1 is 0.350 bits per heavy atom. The van der Waals surface area contributed by atoms with Crippen LogP contribution in [0.5, 0.6) is 0 Å². The molecule has 0 aliphatic heterocycles. The van der Waals surface area contributed by atoms with Gasteiger partial charge in [0.2, 0.25) is 0 Å². The monoisotopic (exact) mass is 831 g/mol. The normalized spacial score (nSPS) is 13.1. The van der Waals surface area contributed by atoms with Crippen LogP contribution in [-0.2, 0) is 28.6 Å². The first-order valence-corrected chi connectivity index (χ1v) is 24.0. The van der Waals surface area contributed by atoms with Crippen molar-refractivity contribution < 1.29 is 28.6 Å². The first-order valence-electron chi connectivity index (χ1n) is 24.0. The largest absolute Gasteiger partial charge is 0.462 e. The van der Waals surface area contributed by atoms with E-state index in [1.807, 2.05) is 54.7 Å². The molecule has 6 heteroatoms. The third-order valence-corrected chi connectivity index (χ3v) is 9.68. The molecule has 6 nitrogen and oxygen atoms in total. The van der Waals surface area contributed by atoms with Crippen LogP contribution >= 0.6 is 0 Å². The molecule has 0 heterocycles. The van der Waals surface area contributed by atoms with Crippen molar-refractivity contribution in [2.24, 2.45) is 0 Å². The molecule has 60 heavy (non-hydrogen) atoms. The van der Waals surface area contributed by atoms with Crippen LogP contribution in [0.3, 0.4) is 0 Å². The van der Waals surface area contributed by atoms with Gasteiger partial charge in [0.1, 0.15) is 13.2 Å². The van der Waals surface area contributed by atoms with Crippen molar-refractivity contribution in [2.75, 3.05) is 13.2 Å². The summed E-state index contributed by atoms with van der Waals surface area (Å²) in [5, 5.41) is 0. The molecule has 0 N–H and O–H groups in total. The van der Waals surface area contributed by atoms with E-state index in [0.29, 0.717) is 12.8 Å². The summed E-state index contributed by atoms with van der Waals surface area (Å²) >= 11 is 0. The second-order valence-corrected chi connectivity index (χ2v) is 15.4. The quantitative estimate of drug-likeness (QED) is 0.0201. The average molecular weight is 831 g/mol. The van der Waals surface area contributed by atoms with Crippen LogP contribution in [0.15, 0.2) is 109 Å². The molecule has 0 aliphatic carbocycles. The van der Waals surface area contributed by atoms with Gasteiger partial charge in [0, 0.05) is 19.3 Å². The second kappa shape index (κ2) is 47.7. The molecule has 0 saturated carbocycles. The van der Waals surface area contributed by atoms with E-state index >= 15 is 0 Å². The number of carbonyl (C=O) groups is 3. The van der Waals surface area contributed by atoms with Crippen LogP contribution in [0.2, 0.25) is 0 Å². The minimum absolute atomic E-state index is 0.115. The van der Waals surface area contributed by atoms with Gasteiger partial charge >= 0.3 is 17.9 Å². The Balaban J connectivity index is 4.54. The number of hydrogen-bond donors (Lipinski definition) is 0. The third kappa shape index (κ3) is 45.2. The molecular weight excluding hydrogens is 745 g/mol. The van der Waals surface area contributed by atoms with E-state index < -0.39 is 6.10 Å². The molecule has 0 bridgehead atoms. The van der Waals surface area contributed by atoms with Gasteiger partial charge in [-0.05, 0) is 77.0 Å². The van der Waals surface area contributed by atoms with Crippen LogP contribution in [0.4, 0.5) is 0 Å². The summed E-state index contributed by atoms with van der Waals surface area (Å²) in [5.41, 5.74) is 0. The highest BCUT2D eigenvalue weighted by atomic mass is 16.6. The number of carbonyl (C=O) groups excluding carboxylic acids is 3. The van der Waals surface area contributed by atoms with Gasteiger partial charge in [0.05, 0.1) is 0 Å². The third-order valence-electron chi connectivity index (χ3n) is 9.68. The lowest BCUT2D eigenvalue weighted by Crippen LogP contribution is -2.30. The van der Waals surface area contributed by atoms with Crippen molar-refractivity contribution in [1.29, 1.82) is 0 Å². The molecule has 0 aromatic carbocycles. The Labute approximate surface area is 368 Å². The first-order chi connectivity index (χ1) is 29.5. The van der Waals surface area contributed by atoms with Crippen molar-refractivity contribution in [1.82, 2.24) is 0 Å². The zero-order chi connectivity index (χ0) is 43.7. The Kier molecular flexibility index (Phi) is 44.6. The summed E-state index contributed by atoms with van der Waals surface area (Å²) in [7, 11) is 0. The van der Waals surface area contributed by atoms with E-state index in [-0.39, 0.29) is 44.0 Å². The molecule has 0 aromatic heterocycles. The molecule has 0 spiro atoms. The van der Waals surface area contributed by atoms with Gasteiger partial charge in [0.25, 0.3) is 0 Å². The van der Waals surface area contributed by atoms with E-state index in [1.54, 1.807) is 0 Å². The number of rotatable bonds is 41. The fourth-order valence-corrected chi connectivity index (χ4v) is 6.11. The molecule has 338 valence electrons. The molecular formula is C54H86O6. The molecule has 0 rings (SSSR count). The summed E-state index contributed by atoms with van der Waals surface area (Å²) in [4.78, 5) is 37.8. The van der Waals surface area contributed by atoms with Gasteiger partial charge in [0.15, 0.2) is 6.10 Å². The smallest absolute Gasteiger partial charge is 0.306 e. The fourth-order valence-electron chi connectivity index (χ4n) is 6.11. The van der Waals surface area contributed by atoms with Gasteiger partial charge in [-0.15, -0.1) is 0 Å². The Morgan fingerprint density at radius 3 is 1.15 bits per heavy atom. The van der Waals surface area contributed by atoms with Gasteiger partial charge in [-0.2, -0.15) is 0 Å². The number of allylic oxidation sites excluding steroid dienone is 18. The highest BCUT2D eigenvalue weighted by molar-refractivity contribution is 5.71. The zero-order valence-electron chi connectivity index (χ0n) is 38.4. The summed E-state index contributed by atoms with van der Waals surface area (Å²) in [6.45, 7) is 6.25. The van der Waals surface area contributed by atoms with Crippen LogP contribution < -0.4 is 0 Å². The van der Waals surface area contributed by atoms with E-state index in [0.717, 1.165) is 77.0 Å². The van der Waals surface area contributed by atoms with Crippen LogP contribution in [0.1, 0.15) is 194 Å². The lowest BCUT2D eigenvalue weighted by atomic mass is 10.1. The maximum absolute atomic E-state index is 12.8. The standard InChI is InChI=1S/C54H86O6/c1-4-7-10-13-16-19-22-25-27-30-32-35-38-41-44-47-53(56)59-50-51(49-58-52(55)46-43-40-37-34-31-28-24-21-18-15-12-9-6-3)60-54(57)48-45-42-39-36-33-29-26-23-20-17-14-11-8-5-2/h7,9-10,12-13,15-16,18-19,21-22,24,28-29,31,33-34,37,51H,4-6,8,11,14,17,20,23,25-27,30,32,35-36,38-50H2,1-3H3/b10-7-,12-9-,16-13-,18-15-,22-19-,24-21-,31-28-,33-29-,37-34-. The minimum atomic E-state index is -0.820. The number of unbranched alkanes of at least 4 members (excludes halogenated alkanes) is 18. The predicted molar refractivity (Wildman–Crippen MR) is 256 cm³/mol. The molecule has 1 unspecified atom stereocenters.